The van der Waals surface area contributed by atoms with E-state index in [-0.39, 0.29) is 41.0 Å². The molecule has 5 heteroatoms. The normalized spacial score (nSPS) is 48.3. The quantitative estimate of drug-likeness (QED) is 0.347. The molecule has 2 aliphatic heterocycles. The summed E-state index contributed by atoms with van der Waals surface area (Å²) in [4.78, 5) is 0. The van der Waals surface area contributed by atoms with E-state index in [1.165, 1.54) is 0 Å². The Bertz CT molecular complexity index is 726. The van der Waals surface area contributed by atoms with Crippen molar-refractivity contribution in [1.82, 2.24) is 0 Å². The number of aliphatic hydroxyl groups excluding tert-OH is 3. The van der Waals surface area contributed by atoms with Gasteiger partial charge < -0.3 is 24.8 Å². The van der Waals surface area contributed by atoms with Crippen molar-refractivity contribution in [2.75, 3.05) is 26.4 Å². The molecular weight excluding hydrogens is 464 g/mol. The van der Waals surface area contributed by atoms with E-state index in [4.69, 9.17) is 9.47 Å². The van der Waals surface area contributed by atoms with Crippen molar-refractivity contribution in [1.29, 1.82) is 0 Å². The Morgan fingerprint density at radius 3 is 2.08 bits per heavy atom. The maximum absolute atomic E-state index is 11.9. The molecule has 3 N–H and O–H groups in total. The third kappa shape index (κ3) is 6.48. The van der Waals surface area contributed by atoms with Gasteiger partial charge in [-0.15, -0.1) is 0 Å². The Labute approximate surface area is 226 Å². The van der Waals surface area contributed by atoms with Crippen LogP contribution in [-0.4, -0.2) is 60.1 Å². The van der Waals surface area contributed by atoms with Gasteiger partial charge in [0.1, 0.15) is 0 Å². The number of rotatable bonds is 0. The largest absolute Gasteiger partial charge is 0.393 e. The fraction of sp³-hybridized carbons (Fsp3) is 0.938. The standard InChI is InChI=1S/C32H56O5/c1-23-11-10-19-36-17-8-6-4-5-7-9-18-37-20-15-24-21-25(33)14-16-31(24,2)28-22-29(34)32(3)26(23)12-13-27(32)30(28)35/h4-5,23-30,33-35H,6-22H2,1-3H3/b5-4-/t23-,24-,25-,26-,27+,28+,29+,30+,31+,32-/m1/s1. The van der Waals surface area contributed by atoms with Gasteiger partial charge in [0.15, 0.2) is 0 Å². The molecule has 3 fully saturated rings. The summed E-state index contributed by atoms with van der Waals surface area (Å²) < 4.78 is 12.0. The maximum atomic E-state index is 11.9. The summed E-state index contributed by atoms with van der Waals surface area (Å²) in [5.74, 6) is 1.50. The van der Waals surface area contributed by atoms with Gasteiger partial charge in [0, 0.05) is 31.8 Å². The van der Waals surface area contributed by atoms with Gasteiger partial charge in [-0.2, -0.15) is 0 Å². The van der Waals surface area contributed by atoms with Crippen LogP contribution in [0, 0.1) is 40.4 Å². The lowest BCUT2D eigenvalue weighted by Crippen LogP contribution is -2.59. The lowest BCUT2D eigenvalue weighted by atomic mass is 9.49. The number of ether oxygens (including phenoxy) is 2. The lowest BCUT2D eigenvalue weighted by molar-refractivity contribution is -0.181. The van der Waals surface area contributed by atoms with Crippen molar-refractivity contribution < 1.29 is 24.8 Å². The summed E-state index contributed by atoms with van der Waals surface area (Å²) in [6.07, 6.45) is 16.1. The Balaban J connectivity index is 1.51. The highest BCUT2D eigenvalue weighted by molar-refractivity contribution is 5.11. The topological polar surface area (TPSA) is 79.2 Å². The minimum Gasteiger partial charge on any atom is -0.393 e. The molecule has 3 aliphatic carbocycles. The van der Waals surface area contributed by atoms with Crippen LogP contribution in [0.15, 0.2) is 12.2 Å². The van der Waals surface area contributed by atoms with Gasteiger partial charge in [0.25, 0.3) is 0 Å². The van der Waals surface area contributed by atoms with Gasteiger partial charge in [0.2, 0.25) is 0 Å². The van der Waals surface area contributed by atoms with Crippen LogP contribution in [0.3, 0.4) is 0 Å². The zero-order valence-corrected chi connectivity index (χ0v) is 24.0. The van der Waals surface area contributed by atoms with Crippen LogP contribution < -0.4 is 0 Å². The fourth-order valence-electron chi connectivity index (χ4n) is 9.07. The molecule has 5 nitrogen and oxygen atoms in total. The molecule has 4 bridgehead atoms. The van der Waals surface area contributed by atoms with Crippen molar-refractivity contribution in [2.45, 2.75) is 123 Å². The number of allylic oxidation sites excluding steroid dienone is 2. The molecule has 2 heterocycles. The second-order valence-corrected chi connectivity index (χ2v) is 13.5. The first-order valence-electron chi connectivity index (χ1n) is 15.6. The molecule has 0 aromatic heterocycles. The van der Waals surface area contributed by atoms with E-state index in [2.05, 4.69) is 32.9 Å². The molecule has 37 heavy (non-hydrogen) atoms. The molecule has 0 aromatic rings. The monoisotopic (exact) mass is 520 g/mol. The van der Waals surface area contributed by atoms with Crippen LogP contribution in [0.4, 0.5) is 0 Å². The first-order valence-corrected chi connectivity index (χ1v) is 15.6. The maximum Gasteiger partial charge on any atom is 0.0609 e. The molecule has 0 radical (unpaired) electrons. The van der Waals surface area contributed by atoms with Crippen molar-refractivity contribution in [3.63, 3.8) is 0 Å². The zero-order chi connectivity index (χ0) is 26.5. The van der Waals surface area contributed by atoms with E-state index in [1.54, 1.807) is 0 Å². The highest BCUT2D eigenvalue weighted by Crippen LogP contribution is 2.63. The van der Waals surface area contributed by atoms with Crippen molar-refractivity contribution in [2.24, 2.45) is 40.4 Å². The Morgan fingerprint density at radius 2 is 1.35 bits per heavy atom. The number of fused-ring (bicyclic) bond motifs is 15. The molecule has 5 rings (SSSR count). The van der Waals surface area contributed by atoms with E-state index in [0.717, 1.165) is 96.9 Å². The lowest BCUT2D eigenvalue weighted by Gasteiger charge is -2.58. The minimum atomic E-state index is -0.383. The van der Waals surface area contributed by atoms with Crippen molar-refractivity contribution in [3.05, 3.63) is 12.2 Å². The second kappa shape index (κ2) is 13.3. The van der Waals surface area contributed by atoms with E-state index >= 15 is 0 Å². The summed E-state index contributed by atoms with van der Waals surface area (Å²) in [5.41, 5.74) is -0.301. The van der Waals surface area contributed by atoms with Gasteiger partial charge >= 0.3 is 0 Å². The minimum absolute atomic E-state index is 0.0762. The third-order valence-electron chi connectivity index (χ3n) is 11.5. The Hall–Kier alpha value is -0.460. The highest BCUT2D eigenvalue weighted by Gasteiger charge is 2.62. The molecule has 0 aromatic carbocycles. The SMILES string of the molecule is C[C@@H]1CCCOCCC/C=C\CCCOCC[C@@H]2C[C@H](O)CC[C@]2(C)[C@H]2C[C@H](O)[C@]3(C)[C@@H]1CC[C@H]3[C@@H]2O. The van der Waals surface area contributed by atoms with Gasteiger partial charge in [0.05, 0.1) is 18.3 Å². The van der Waals surface area contributed by atoms with Crippen molar-refractivity contribution >= 4 is 0 Å². The number of hydrogen-bond donors (Lipinski definition) is 3. The zero-order valence-electron chi connectivity index (χ0n) is 24.0. The molecule has 0 unspecified atom stereocenters. The first kappa shape index (κ1) is 29.5. The average molecular weight is 521 g/mol. The van der Waals surface area contributed by atoms with Gasteiger partial charge in [-0.05, 0) is 118 Å². The predicted molar refractivity (Wildman–Crippen MR) is 148 cm³/mol. The molecule has 3 saturated carbocycles. The van der Waals surface area contributed by atoms with Crippen molar-refractivity contribution in [3.8, 4) is 0 Å². The molecule has 5 aliphatic rings. The predicted octanol–water partition coefficient (Wildman–Crippen LogP) is 5.90. The van der Waals surface area contributed by atoms with E-state index < -0.39 is 0 Å². The first-order chi connectivity index (χ1) is 17.8. The second-order valence-electron chi connectivity index (χ2n) is 13.5. The van der Waals surface area contributed by atoms with Crippen LogP contribution >= 0.6 is 0 Å². The molecule has 0 amide bonds. The number of aliphatic hydroxyl groups is 3. The molecule has 10 atom stereocenters. The molecule has 0 saturated heterocycles. The Kier molecular flexibility index (Phi) is 10.6. The van der Waals surface area contributed by atoms with Gasteiger partial charge in [-0.25, -0.2) is 0 Å². The van der Waals surface area contributed by atoms with E-state index in [1.807, 2.05) is 0 Å². The third-order valence-corrected chi connectivity index (χ3v) is 11.5. The van der Waals surface area contributed by atoms with E-state index in [0.29, 0.717) is 30.8 Å². The average Bonchev–Trinajstić information content (AvgIpc) is 3.24. The van der Waals surface area contributed by atoms with Crippen LogP contribution in [0.2, 0.25) is 0 Å². The summed E-state index contributed by atoms with van der Waals surface area (Å²) in [7, 11) is 0. The summed E-state index contributed by atoms with van der Waals surface area (Å²) in [5, 5.41) is 34.3. The fourth-order valence-corrected chi connectivity index (χ4v) is 9.07. The van der Waals surface area contributed by atoms with Gasteiger partial charge in [-0.1, -0.05) is 32.9 Å². The van der Waals surface area contributed by atoms with Gasteiger partial charge in [-0.3, -0.25) is 0 Å². The van der Waals surface area contributed by atoms with Crippen LogP contribution in [-0.2, 0) is 9.47 Å². The molecule has 0 spiro atoms. The van der Waals surface area contributed by atoms with Crippen LogP contribution in [0.25, 0.3) is 0 Å². The van der Waals surface area contributed by atoms with Crippen LogP contribution in [0.1, 0.15) is 104 Å². The summed E-state index contributed by atoms with van der Waals surface area (Å²) in [6.45, 7) is 10.1. The van der Waals surface area contributed by atoms with E-state index in [9.17, 15) is 15.3 Å². The number of hydrogen-bond acceptors (Lipinski definition) is 5. The summed E-state index contributed by atoms with van der Waals surface area (Å²) >= 11 is 0. The smallest absolute Gasteiger partial charge is 0.0609 e. The summed E-state index contributed by atoms with van der Waals surface area (Å²) in [6, 6.07) is 0. The Morgan fingerprint density at radius 1 is 0.703 bits per heavy atom. The molecule has 214 valence electrons. The highest BCUT2D eigenvalue weighted by atomic mass is 16.5. The molecular formula is C32H56O5. The van der Waals surface area contributed by atoms with Crippen LogP contribution in [0.5, 0.6) is 0 Å².